The number of carbonyl (C=O) groups is 1. The maximum Gasteiger partial charge on any atom is 0.295 e. The van der Waals surface area contributed by atoms with E-state index in [2.05, 4.69) is 54.5 Å². The Kier molecular flexibility index (Phi) is 12.6. The third-order valence-electron chi connectivity index (χ3n) is 10.9. The molecule has 0 fully saturated rings. The molecule has 0 amide bonds. The van der Waals surface area contributed by atoms with E-state index < -0.39 is 51.3 Å². The summed E-state index contributed by atoms with van der Waals surface area (Å²) in [6.07, 6.45) is 12.0. The monoisotopic (exact) mass is 883 g/mol. The molecule has 0 spiro atoms. The van der Waals surface area contributed by atoms with Gasteiger partial charge in [0.05, 0.1) is 28.1 Å². The van der Waals surface area contributed by atoms with Crippen LogP contribution in [-0.4, -0.2) is 81.1 Å². The van der Waals surface area contributed by atoms with Gasteiger partial charge in [0, 0.05) is 51.7 Å². The van der Waals surface area contributed by atoms with Crippen LogP contribution in [0.25, 0.3) is 21.2 Å². The Labute approximate surface area is 349 Å². The molecule has 3 aromatic carbocycles. The normalized spacial score (nSPS) is 17.1. The molecule has 314 valence electrons. The standard InChI is InChI=1S/C42H46N2O11S4/c1-41(2)33-18-17-31-32(26-30(58(49,50)51)27-37(31)59(52,53)54)40(33)44(21-12-24-57(46,47)48)39(41)15-8-5-7-14-38-42(3,4)34-25-29(36-13-11-23-56-36)16-19-35(34)43(38)20-9-6-10-22-55-28-45/h5,7-8,11,13-19,23,25-28H,6,9-10,12,20-22,24H2,1-4H3,(H2-,46,47,48,49,50,51,52,53,54)/p+1. The molecule has 6 rings (SSSR count). The topological polar surface area (TPSA) is 196 Å². The van der Waals surface area contributed by atoms with E-state index in [4.69, 9.17) is 4.74 Å². The Hall–Kier alpha value is -4.49. The largest absolute Gasteiger partial charge is 0.468 e. The second-order valence-electron chi connectivity index (χ2n) is 15.5. The van der Waals surface area contributed by atoms with Crippen LogP contribution in [0.2, 0.25) is 0 Å². The minimum Gasteiger partial charge on any atom is -0.468 e. The molecule has 2 aliphatic rings. The van der Waals surface area contributed by atoms with Crippen molar-refractivity contribution in [3.05, 3.63) is 107 Å². The fourth-order valence-electron chi connectivity index (χ4n) is 8.10. The SMILES string of the molecule is CC1(C)C(=CC=CC=CC2=[N+](CCCS(=O)(=O)O)c3c(ccc4c(S(=O)(=O)O)cc(S(=O)(=O)O)cc34)C2(C)C)N(CCCCCOC=O)c2ccc(-c3cccs3)cc21. The van der Waals surface area contributed by atoms with E-state index in [-0.39, 0.29) is 29.2 Å². The second kappa shape index (κ2) is 16.9. The van der Waals surface area contributed by atoms with Crippen molar-refractivity contribution < 1.29 is 53.0 Å². The molecule has 59 heavy (non-hydrogen) atoms. The fourth-order valence-corrected chi connectivity index (χ4v) is 10.7. The smallest absolute Gasteiger partial charge is 0.295 e. The Bertz CT molecular complexity index is 2750. The van der Waals surface area contributed by atoms with Crippen molar-refractivity contribution in [3.63, 3.8) is 0 Å². The highest BCUT2D eigenvalue weighted by Gasteiger charge is 2.46. The molecule has 0 saturated carbocycles. The lowest BCUT2D eigenvalue weighted by Crippen LogP contribution is -2.28. The van der Waals surface area contributed by atoms with Gasteiger partial charge < -0.3 is 9.64 Å². The highest BCUT2D eigenvalue weighted by atomic mass is 32.2. The summed E-state index contributed by atoms with van der Waals surface area (Å²) in [4.78, 5) is 12.6. The fraction of sp³-hybridized carbons (Fsp3) is 0.333. The summed E-state index contributed by atoms with van der Waals surface area (Å²) >= 11 is 1.69. The molecule has 1 aromatic heterocycles. The summed E-state index contributed by atoms with van der Waals surface area (Å²) in [6, 6.07) is 15.6. The van der Waals surface area contributed by atoms with Gasteiger partial charge in [0.25, 0.3) is 36.8 Å². The lowest BCUT2D eigenvalue weighted by atomic mass is 9.80. The quantitative estimate of drug-likeness (QED) is 0.0306. The number of benzene rings is 3. The zero-order valence-corrected chi connectivity index (χ0v) is 36.3. The molecule has 2 aliphatic heterocycles. The summed E-state index contributed by atoms with van der Waals surface area (Å²) in [5.41, 5.74) is 5.09. The van der Waals surface area contributed by atoms with E-state index in [1.807, 2.05) is 44.2 Å². The molecule has 0 radical (unpaired) electrons. The number of thiophene rings is 1. The Morgan fingerprint density at radius 3 is 2.22 bits per heavy atom. The van der Waals surface area contributed by atoms with Crippen molar-refractivity contribution >= 4 is 76.0 Å². The highest BCUT2D eigenvalue weighted by Crippen LogP contribution is 2.50. The van der Waals surface area contributed by atoms with Crippen LogP contribution in [0.3, 0.4) is 0 Å². The first kappa shape index (κ1) is 44.1. The predicted molar refractivity (Wildman–Crippen MR) is 230 cm³/mol. The lowest BCUT2D eigenvalue weighted by Gasteiger charge is -2.27. The first-order valence-corrected chi connectivity index (χ1v) is 24.3. The van der Waals surface area contributed by atoms with Crippen LogP contribution in [0.5, 0.6) is 0 Å². The number of anilines is 1. The molecule has 13 nitrogen and oxygen atoms in total. The Morgan fingerprint density at radius 1 is 0.797 bits per heavy atom. The molecule has 3 heterocycles. The zero-order valence-electron chi connectivity index (χ0n) is 33.0. The molecule has 0 unspecified atom stereocenters. The molecule has 0 saturated heterocycles. The van der Waals surface area contributed by atoms with E-state index in [0.29, 0.717) is 36.1 Å². The van der Waals surface area contributed by atoms with Gasteiger partial charge in [-0.2, -0.15) is 29.8 Å². The molecule has 0 bridgehead atoms. The minimum atomic E-state index is -4.97. The van der Waals surface area contributed by atoms with Gasteiger partial charge >= 0.3 is 0 Å². The maximum absolute atomic E-state index is 12.5. The van der Waals surface area contributed by atoms with Crippen LogP contribution >= 0.6 is 11.3 Å². The van der Waals surface area contributed by atoms with Crippen molar-refractivity contribution in [3.8, 4) is 10.4 Å². The number of unbranched alkanes of at least 4 members (excludes halogenated alkanes) is 2. The van der Waals surface area contributed by atoms with Crippen LogP contribution in [0.4, 0.5) is 11.4 Å². The van der Waals surface area contributed by atoms with Crippen LogP contribution in [-0.2, 0) is 50.7 Å². The highest BCUT2D eigenvalue weighted by molar-refractivity contribution is 7.87. The summed E-state index contributed by atoms with van der Waals surface area (Å²) in [7, 11) is -14.2. The molecular weight excluding hydrogens is 837 g/mol. The van der Waals surface area contributed by atoms with E-state index in [9.17, 15) is 43.7 Å². The summed E-state index contributed by atoms with van der Waals surface area (Å²) in [5, 5.41) is 2.14. The number of ether oxygens (including phenoxy) is 1. The van der Waals surface area contributed by atoms with Gasteiger partial charge in [-0.15, -0.1) is 11.3 Å². The summed E-state index contributed by atoms with van der Waals surface area (Å²) in [6.45, 7) is 9.83. The van der Waals surface area contributed by atoms with Crippen molar-refractivity contribution in [2.45, 2.75) is 74.0 Å². The molecule has 0 aliphatic carbocycles. The summed E-state index contributed by atoms with van der Waals surface area (Å²) < 4.78 is 109. The predicted octanol–water partition coefficient (Wildman–Crippen LogP) is 7.85. The number of fused-ring (bicyclic) bond motifs is 4. The van der Waals surface area contributed by atoms with Crippen LogP contribution < -0.4 is 4.90 Å². The third kappa shape index (κ3) is 9.31. The molecule has 4 aromatic rings. The van der Waals surface area contributed by atoms with E-state index >= 15 is 0 Å². The first-order valence-electron chi connectivity index (χ1n) is 18.9. The van der Waals surface area contributed by atoms with E-state index in [0.717, 1.165) is 48.8 Å². The second-order valence-corrected chi connectivity index (χ2v) is 20.9. The van der Waals surface area contributed by atoms with Gasteiger partial charge in [-0.05, 0) is 86.0 Å². The van der Waals surface area contributed by atoms with Crippen molar-refractivity contribution in [2.24, 2.45) is 0 Å². The van der Waals surface area contributed by atoms with Crippen LogP contribution in [0, 0.1) is 0 Å². The Morgan fingerprint density at radius 2 is 1.56 bits per heavy atom. The van der Waals surface area contributed by atoms with Crippen molar-refractivity contribution in [2.75, 3.05) is 30.3 Å². The number of carbonyl (C=O) groups excluding carboxylic acids is 1. The third-order valence-corrected chi connectivity index (χ3v) is 14.4. The van der Waals surface area contributed by atoms with Crippen LogP contribution in [0.15, 0.2) is 106 Å². The molecule has 17 heteroatoms. The van der Waals surface area contributed by atoms with Crippen molar-refractivity contribution in [1.29, 1.82) is 0 Å². The number of allylic oxidation sites excluding steroid dienone is 6. The Balaban J connectivity index is 1.41. The van der Waals surface area contributed by atoms with Gasteiger partial charge in [-0.1, -0.05) is 56.3 Å². The van der Waals surface area contributed by atoms with Gasteiger partial charge in [0.2, 0.25) is 5.69 Å². The van der Waals surface area contributed by atoms with E-state index in [1.165, 1.54) is 16.5 Å². The first-order chi connectivity index (χ1) is 27.7. The van der Waals surface area contributed by atoms with Gasteiger partial charge in [0.1, 0.15) is 11.4 Å². The average Bonchev–Trinajstić information content (AvgIpc) is 3.81. The molecule has 0 atom stereocenters. The number of rotatable bonds is 17. The minimum absolute atomic E-state index is 0.00693. The number of hydrogen-bond acceptors (Lipinski definition) is 10. The van der Waals surface area contributed by atoms with E-state index in [1.54, 1.807) is 22.0 Å². The average molecular weight is 884 g/mol. The van der Waals surface area contributed by atoms with Crippen LogP contribution in [0.1, 0.15) is 64.5 Å². The zero-order chi connectivity index (χ0) is 43.0. The van der Waals surface area contributed by atoms with Gasteiger partial charge in [-0.25, -0.2) is 0 Å². The van der Waals surface area contributed by atoms with Gasteiger partial charge in [0.15, 0.2) is 5.71 Å². The molecular formula is C42H47N2O11S4+. The van der Waals surface area contributed by atoms with Crippen molar-refractivity contribution in [1.82, 2.24) is 0 Å². The summed E-state index contributed by atoms with van der Waals surface area (Å²) in [5.74, 6) is -0.572. The number of nitrogens with zero attached hydrogens (tertiary/aromatic N) is 2. The molecule has 3 N–H and O–H groups in total. The lowest BCUT2D eigenvalue weighted by molar-refractivity contribution is -0.435. The maximum atomic E-state index is 12.5. The number of hydrogen-bond donors (Lipinski definition) is 3. The van der Waals surface area contributed by atoms with Gasteiger partial charge in [-0.3, -0.25) is 18.5 Å².